The van der Waals surface area contributed by atoms with Crippen molar-refractivity contribution in [3.63, 3.8) is 0 Å². The Kier molecular flexibility index (Phi) is 7.15. The molecular formula is C17H25ClN2O3. The molecule has 1 atom stereocenters. The van der Waals surface area contributed by atoms with Crippen LogP contribution in [0.5, 0.6) is 5.75 Å². The van der Waals surface area contributed by atoms with Crippen LogP contribution in [0.4, 0.5) is 0 Å². The highest BCUT2D eigenvalue weighted by Gasteiger charge is 2.19. The van der Waals surface area contributed by atoms with E-state index in [1.165, 1.54) is 0 Å². The van der Waals surface area contributed by atoms with Crippen LogP contribution in [0, 0.1) is 0 Å². The Bertz CT molecular complexity index is 495. The van der Waals surface area contributed by atoms with Crippen LogP contribution in [0.25, 0.3) is 0 Å². The number of benzene rings is 1. The van der Waals surface area contributed by atoms with Crippen LogP contribution in [-0.2, 0) is 4.79 Å². The van der Waals surface area contributed by atoms with E-state index in [0.29, 0.717) is 23.7 Å². The minimum Gasteiger partial charge on any atom is -0.491 e. The van der Waals surface area contributed by atoms with Gasteiger partial charge in [0.05, 0.1) is 0 Å². The lowest BCUT2D eigenvalue weighted by molar-refractivity contribution is -0.130. The van der Waals surface area contributed by atoms with Crippen LogP contribution >= 0.6 is 11.6 Å². The number of aliphatic hydroxyl groups excluding tert-OH is 1. The Morgan fingerprint density at radius 1 is 1.26 bits per heavy atom. The highest BCUT2D eigenvalue weighted by atomic mass is 35.5. The fourth-order valence-corrected chi connectivity index (χ4v) is 2.83. The number of amides is 1. The van der Waals surface area contributed by atoms with Crippen molar-refractivity contribution in [1.82, 2.24) is 9.80 Å². The summed E-state index contributed by atoms with van der Waals surface area (Å²) in [6.45, 7) is 5.92. The predicted octanol–water partition coefficient (Wildman–Crippen LogP) is 2.02. The second-order valence-electron chi connectivity index (χ2n) is 5.81. The van der Waals surface area contributed by atoms with E-state index in [-0.39, 0.29) is 12.5 Å². The summed E-state index contributed by atoms with van der Waals surface area (Å²) >= 11 is 5.82. The molecule has 1 N–H and O–H groups in total. The Morgan fingerprint density at radius 2 is 2.00 bits per heavy atom. The van der Waals surface area contributed by atoms with Crippen LogP contribution in [0.1, 0.15) is 19.8 Å². The summed E-state index contributed by atoms with van der Waals surface area (Å²) in [5.41, 5.74) is 0. The molecule has 0 saturated carbocycles. The molecule has 1 heterocycles. The lowest BCUT2D eigenvalue weighted by atomic mass is 10.3. The quantitative estimate of drug-likeness (QED) is 0.861. The van der Waals surface area contributed by atoms with Gasteiger partial charge in [-0.3, -0.25) is 9.69 Å². The molecule has 1 saturated heterocycles. The number of ether oxygens (including phenoxy) is 1. The van der Waals surface area contributed by atoms with Gasteiger partial charge in [-0.15, -0.1) is 0 Å². The molecule has 23 heavy (non-hydrogen) atoms. The number of nitrogens with zero attached hydrogens (tertiary/aromatic N) is 2. The Balaban J connectivity index is 1.73. The number of β-amino-alcohol motifs (C(OH)–C–C–N with tert-alkyl or cyclic N) is 1. The van der Waals surface area contributed by atoms with E-state index in [1.54, 1.807) is 24.3 Å². The molecule has 0 bridgehead atoms. The third kappa shape index (κ3) is 6.01. The zero-order valence-electron chi connectivity index (χ0n) is 13.6. The van der Waals surface area contributed by atoms with Crippen LogP contribution in [0.15, 0.2) is 24.3 Å². The number of hydrogen-bond acceptors (Lipinski definition) is 4. The van der Waals surface area contributed by atoms with Gasteiger partial charge in [0.25, 0.3) is 0 Å². The number of carbonyl (C=O) groups excluding carboxylic acids is 1. The van der Waals surface area contributed by atoms with E-state index in [4.69, 9.17) is 16.3 Å². The van der Waals surface area contributed by atoms with Crippen LogP contribution in [-0.4, -0.2) is 66.2 Å². The van der Waals surface area contributed by atoms with E-state index in [2.05, 4.69) is 4.90 Å². The SMILES string of the molecule is CCC(=O)N1CCCN(CC(O)COc2ccc(Cl)cc2)CC1. The average Bonchev–Trinajstić information content (AvgIpc) is 2.79. The summed E-state index contributed by atoms with van der Waals surface area (Å²) in [4.78, 5) is 15.9. The molecule has 0 aromatic heterocycles. The third-order valence-electron chi connectivity index (χ3n) is 3.97. The lowest BCUT2D eigenvalue weighted by Crippen LogP contribution is -2.39. The summed E-state index contributed by atoms with van der Waals surface area (Å²) in [5, 5.41) is 10.8. The van der Waals surface area contributed by atoms with Crippen LogP contribution in [0.3, 0.4) is 0 Å². The van der Waals surface area contributed by atoms with Crippen molar-refractivity contribution in [2.45, 2.75) is 25.9 Å². The second-order valence-corrected chi connectivity index (χ2v) is 6.24. The van der Waals surface area contributed by atoms with E-state index >= 15 is 0 Å². The normalized spacial score (nSPS) is 17.6. The smallest absolute Gasteiger partial charge is 0.222 e. The Labute approximate surface area is 142 Å². The minimum absolute atomic E-state index is 0.207. The number of halogens is 1. The summed E-state index contributed by atoms with van der Waals surface area (Å²) in [6.07, 6.45) is 0.938. The molecule has 0 radical (unpaired) electrons. The topological polar surface area (TPSA) is 53.0 Å². The monoisotopic (exact) mass is 340 g/mol. The van der Waals surface area contributed by atoms with Gasteiger partial charge in [-0.2, -0.15) is 0 Å². The molecule has 1 amide bonds. The summed E-state index contributed by atoms with van der Waals surface area (Å²) in [7, 11) is 0. The molecule has 1 aliphatic heterocycles. The van der Waals surface area contributed by atoms with Crippen molar-refractivity contribution in [2.75, 3.05) is 39.3 Å². The van der Waals surface area contributed by atoms with Gasteiger partial charge in [0.15, 0.2) is 0 Å². The summed E-state index contributed by atoms with van der Waals surface area (Å²) in [5.74, 6) is 0.905. The molecule has 1 aromatic rings. The van der Waals surface area contributed by atoms with E-state index in [0.717, 1.165) is 32.6 Å². The number of carbonyl (C=O) groups is 1. The number of aliphatic hydroxyl groups is 1. The van der Waals surface area contributed by atoms with Crippen molar-refractivity contribution in [3.05, 3.63) is 29.3 Å². The van der Waals surface area contributed by atoms with Crippen molar-refractivity contribution in [3.8, 4) is 5.75 Å². The molecule has 5 nitrogen and oxygen atoms in total. The first-order chi connectivity index (χ1) is 11.1. The molecular weight excluding hydrogens is 316 g/mol. The van der Waals surface area contributed by atoms with Gasteiger partial charge in [0, 0.05) is 37.6 Å². The molecule has 128 valence electrons. The highest BCUT2D eigenvalue weighted by Crippen LogP contribution is 2.15. The van der Waals surface area contributed by atoms with Gasteiger partial charge in [0.1, 0.15) is 18.5 Å². The first-order valence-corrected chi connectivity index (χ1v) is 8.53. The minimum atomic E-state index is -0.556. The maximum atomic E-state index is 11.8. The maximum Gasteiger partial charge on any atom is 0.222 e. The van der Waals surface area contributed by atoms with Gasteiger partial charge >= 0.3 is 0 Å². The van der Waals surface area contributed by atoms with Crippen molar-refractivity contribution in [2.24, 2.45) is 0 Å². The van der Waals surface area contributed by atoms with Gasteiger partial charge < -0.3 is 14.7 Å². The lowest BCUT2D eigenvalue weighted by Gasteiger charge is -2.24. The predicted molar refractivity (Wildman–Crippen MR) is 90.9 cm³/mol. The average molecular weight is 341 g/mol. The first kappa shape index (κ1) is 18.0. The molecule has 0 spiro atoms. The first-order valence-electron chi connectivity index (χ1n) is 8.15. The summed E-state index contributed by atoms with van der Waals surface area (Å²) in [6, 6.07) is 7.10. The van der Waals surface area contributed by atoms with Crippen molar-refractivity contribution in [1.29, 1.82) is 0 Å². The molecule has 1 fully saturated rings. The largest absolute Gasteiger partial charge is 0.491 e. The molecule has 1 aromatic carbocycles. The third-order valence-corrected chi connectivity index (χ3v) is 4.22. The summed E-state index contributed by atoms with van der Waals surface area (Å²) < 4.78 is 5.57. The molecule has 6 heteroatoms. The molecule has 2 rings (SSSR count). The van der Waals surface area contributed by atoms with Gasteiger partial charge in [-0.05, 0) is 37.2 Å². The Morgan fingerprint density at radius 3 is 2.70 bits per heavy atom. The zero-order chi connectivity index (χ0) is 16.7. The highest BCUT2D eigenvalue weighted by molar-refractivity contribution is 6.30. The van der Waals surface area contributed by atoms with Gasteiger partial charge in [-0.1, -0.05) is 18.5 Å². The van der Waals surface area contributed by atoms with Crippen molar-refractivity contribution < 1.29 is 14.6 Å². The zero-order valence-corrected chi connectivity index (χ0v) is 14.3. The fourth-order valence-electron chi connectivity index (χ4n) is 2.70. The van der Waals surface area contributed by atoms with Crippen LogP contribution < -0.4 is 4.74 Å². The Hall–Kier alpha value is -1.30. The molecule has 1 aliphatic rings. The molecule has 0 aliphatic carbocycles. The van der Waals surface area contributed by atoms with Gasteiger partial charge in [0.2, 0.25) is 5.91 Å². The maximum absolute atomic E-state index is 11.8. The van der Waals surface area contributed by atoms with E-state index in [1.807, 2.05) is 11.8 Å². The van der Waals surface area contributed by atoms with Crippen LogP contribution in [0.2, 0.25) is 5.02 Å². The number of rotatable bonds is 6. The standard InChI is InChI=1S/C17H25ClN2O3/c1-2-17(22)20-9-3-8-19(10-11-20)12-15(21)13-23-16-6-4-14(18)5-7-16/h4-7,15,21H,2-3,8-13H2,1H3. The van der Waals surface area contributed by atoms with E-state index < -0.39 is 6.10 Å². The number of hydrogen-bond donors (Lipinski definition) is 1. The fraction of sp³-hybridized carbons (Fsp3) is 0.588. The molecule has 1 unspecified atom stereocenters. The van der Waals surface area contributed by atoms with E-state index in [9.17, 15) is 9.90 Å². The van der Waals surface area contributed by atoms with Gasteiger partial charge in [-0.25, -0.2) is 0 Å². The second kappa shape index (κ2) is 9.11. The van der Waals surface area contributed by atoms with Crippen molar-refractivity contribution >= 4 is 17.5 Å².